The van der Waals surface area contributed by atoms with Crippen molar-refractivity contribution in [3.8, 4) is 16.9 Å². The fraction of sp³-hybridized carbons (Fsp3) is 0.0870. The van der Waals surface area contributed by atoms with E-state index in [4.69, 9.17) is 23.8 Å². The number of amides is 1. The van der Waals surface area contributed by atoms with E-state index >= 15 is 0 Å². The van der Waals surface area contributed by atoms with Crippen molar-refractivity contribution in [1.29, 1.82) is 0 Å². The van der Waals surface area contributed by atoms with Crippen molar-refractivity contribution < 1.29 is 9.18 Å². The molecule has 0 radical (unpaired) electrons. The zero-order valence-corrected chi connectivity index (χ0v) is 18.1. The molecule has 0 unspecified atom stereocenters. The Morgan fingerprint density at radius 3 is 2.35 bits per heavy atom. The number of likely N-dealkylation sites (N-methyl/N-ethyl adjacent to an activating group) is 1. The number of carbonyl (C=O) groups is 1. The van der Waals surface area contributed by atoms with Crippen LogP contribution < -0.4 is 4.90 Å². The van der Waals surface area contributed by atoms with Gasteiger partial charge in [-0.2, -0.15) is 0 Å². The molecule has 4 rings (SSSR count). The van der Waals surface area contributed by atoms with Crippen molar-refractivity contribution in [2.75, 3.05) is 11.9 Å². The standard InChI is InChI=1S/C23H18ClFN4OS/c1-27(19-10-12-26-13-11-19)22(30)15-28-14-21(16-2-6-18(25)7-3-16)29(23(28)31)20-8-4-17(24)5-9-20/h2-14H,15H2,1H3. The largest absolute Gasteiger partial charge is 0.314 e. The van der Waals surface area contributed by atoms with Gasteiger partial charge in [0.1, 0.15) is 12.4 Å². The molecule has 0 aliphatic heterocycles. The van der Waals surface area contributed by atoms with E-state index in [0.29, 0.717) is 9.79 Å². The highest BCUT2D eigenvalue weighted by atomic mass is 35.5. The molecule has 4 aromatic rings. The van der Waals surface area contributed by atoms with E-state index < -0.39 is 0 Å². The molecule has 0 atom stereocenters. The maximum atomic E-state index is 13.5. The molecule has 156 valence electrons. The average Bonchev–Trinajstić information content (AvgIpc) is 3.10. The summed E-state index contributed by atoms with van der Waals surface area (Å²) in [6.45, 7) is 0.0481. The summed E-state index contributed by atoms with van der Waals surface area (Å²) in [5.74, 6) is -0.463. The van der Waals surface area contributed by atoms with Crippen LogP contribution in [0.5, 0.6) is 0 Å². The average molecular weight is 453 g/mol. The predicted octanol–water partition coefficient (Wildman–Crippen LogP) is 5.53. The summed E-state index contributed by atoms with van der Waals surface area (Å²) in [7, 11) is 1.71. The van der Waals surface area contributed by atoms with Gasteiger partial charge in [0, 0.05) is 47.6 Å². The lowest BCUT2D eigenvalue weighted by atomic mass is 10.1. The molecule has 0 bridgehead atoms. The smallest absolute Gasteiger partial charge is 0.246 e. The second-order valence-electron chi connectivity index (χ2n) is 6.90. The van der Waals surface area contributed by atoms with Gasteiger partial charge in [0.2, 0.25) is 5.91 Å². The van der Waals surface area contributed by atoms with Gasteiger partial charge >= 0.3 is 0 Å². The van der Waals surface area contributed by atoms with Crippen LogP contribution in [0.3, 0.4) is 0 Å². The number of anilines is 1. The lowest BCUT2D eigenvalue weighted by Gasteiger charge is -2.17. The number of benzene rings is 2. The van der Waals surface area contributed by atoms with E-state index in [-0.39, 0.29) is 18.3 Å². The summed E-state index contributed by atoms with van der Waals surface area (Å²) in [6, 6.07) is 16.9. The van der Waals surface area contributed by atoms with Gasteiger partial charge in [-0.1, -0.05) is 11.6 Å². The van der Waals surface area contributed by atoms with Gasteiger partial charge in [-0.15, -0.1) is 0 Å². The predicted molar refractivity (Wildman–Crippen MR) is 123 cm³/mol. The summed E-state index contributed by atoms with van der Waals surface area (Å²) >= 11 is 11.8. The van der Waals surface area contributed by atoms with Crippen LogP contribution in [0.1, 0.15) is 0 Å². The Bertz CT molecular complexity index is 1270. The Morgan fingerprint density at radius 1 is 1.06 bits per heavy atom. The van der Waals surface area contributed by atoms with Crippen molar-refractivity contribution in [3.05, 3.63) is 94.9 Å². The second-order valence-corrected chi connectivity index (χ2v) is 7.70. The van der Waals surface area contributed by atoms with Crippen molar-refractivity contribution in [1.82, 2.24) is 14.1 Å². The zero-order valence-electron chi connectivity index (χ0n) is 16.6. The van der Waals surface area contributed by atoms with Gasteiger partial charge in [-0.05, 0) is 72.9 Å². The quantitative estimate of drug-likeness (QED) is 0.374. The fourth-order valence-electron chi connectivity index (χ4n) is 3.23. The maximum Gasteiger partial charge on any atom is 0.246 e. The number of imidazole rings is 1. The Hall–Kier alpha value is -3.29. The number of aromatic nitrogens is 3. The lowest BCUT2D eigenvalue weighted by molar-refractivity contribution is -0.118. The Kier molecular flexibility index (Phi) is 5.97. The van der Waals surface area contributed by atoms with Crippen LogP contribution in [-0.2, 0) is 11.3 Å². The number of pyridine rings is 1. The summed E-state index contributed by atoms with van der Waals surface area (Å²) < 4.78 is 17.5. The van der Waals surface area contributed by atoms with Crippen LogP contribution in [0.25, 0.3) is 16.9 Å². The number of carbonyl (C=O) groups excluding carboxylic acids is 1. The molecule has 0 aliphatic carbocycles. The Morgan fingerprint density at radius 2 is 1.71 bits per heavy atom. The topological polar surface area (TPSA) is 43.1 Å². The molecular formula is C23H18ClFN4OS. The van der Waals surface area contributed by atoms with Crippen LogP contribution in [0, 0.1) is 10.6 Å². The summed E-state index contributed by atoms with van der Waals surface area (Å²) in [4.78, 5) is 18.4. The molecule has 2 aromatic heterocycles. The van der Waals surface area contributed by atoms with E-state index in [9.17, 15) is 9.18 Å². The number of nitrogens with zero attached hydrogens (tertiary/aromatic N) is 4. The van der Waals surface area contributed by atoms with E-state index in [1.54, 1.807) is 65.3 Å². The highest BCUT2D eigenvalue weighted by molar-refractivity contribution is 7.71. The van der Waals surface area contributed by atoms with Crippen molar-refractivity contribution >= 4 is 35.4 Å². The van der Waals surface area contributed by atoms with Gasteiger partial charge in [0.05, 0.1) is 5.69 Å². The van der Waals surface area contributed by atoms with E-state index in [2.05, 4.69) is 4.98 Å². The Balaban J connectivity index is 1.76. The van der Waals surface area contributed by atoms with Crippen LogP contribution in [0.4, 0.5) is 10.1 Å². The minimum atomic E-state index is -0.325. The summed E-state index contributed by atoms with van der Waals surface area (Å²) in [5, 5.41) is 0.604. The van der Waals surface area contributed by atoms with Gasteiger partial charge in [0.25, 0.3) is 0 Å². The summed E-state index contributed by atoms with van der Waals surface area (Å²) in [6.07, 6.45) is 5.07. The number of halogens is 2. The molecule has 0 saturated heterocycles. The Labute approximate surface area is 189 Å². The SMILES string of the molecule is CN(C(=O)Cn1cc(-c2ccc(F)cc2)n(-c2ccc(Cl)cc2)c1=S)c1ccncc1. The van der Waals surface area contributed by atoms with Crippen molar-refractivity contribution in [3.63, 3.8) is 0 Å². The maximum absolute atomic E-state index is 13.5. The molecule has 0 saturated carbocycles. The lowest BCUT2D eigenvalue weighted by Crippen LogP contribution is -2.29. The van der Waals surface area contributed by atoms with Crippen molar-refractivity contribution in [2.24, 2.45) is 0 Å². The highest BCUT2D eigenvalue weighted by Gasteiger charge is 2.17. The third kappa shape index (κ3) is 4.42. The molecule has 5 nitrogen and oxygen atoms in total. The monoisotopic (exact) mass is 452 g/mol. The van der Waals surface area contributed by atoms with Gasteiger partial charge in [-0.3, -0.25) is 14.3 Å². The molecule has 2 heterocycles. The number of rotatable bonds is 5. The molecule has 31 heavy (non-hydrogen) atoms. The molecular weight excluding hydrogens is 435 g/mol. The molecule has 1 amide bonds. The third-order valence-corrected chi connectivity index (χ3v) is 5.58. The van der Waals surface area contributed by atoms with E-state index in [1.165, 1.54) is 12.1 Å². The first-order valence-electron chi connectivity index (χ1n) is 9.44. The first-order valence-corrected chi connectivity index (χ1v) is 10.2. The minimum absolute atomic E-state index is 0.0481. The van der Waals surface area contributed by atoms with Crippen LogP contribution in [0.2, 0.25) is 5.02 Å². The van der Waals surface area contributed by atoms with Gasteiger partial charge in [-0.25, -0.2) is 4.39 Å². The van der Waals surface area contributed by atoms with Crippen LogP contribution in [-0.4, -0.2) is 27.1 Å². The number of hydrogen-bond donors (Lipinski definition) is 0. The van der Waals surface area contributed by atoms with E-state index in [1.807, 2.05) is 22.9 Å². The number of hydrogen-bond acceptors (Lipinski definition) is 3. The van der Waals surface area contributed by atoms with Gasteiger partial charge < -0.3 is 9.47 Å². The van der Waals surface area contributed by atoms with Gasteiger partial charge in [0.15, 0.2) is 4.77 Å². The zero-order chi connectivity index (χ0) is 22.0. The molecule has 0 spiro atoms. The molecule has 0 fully saturated rings. The first-order chi connectivity index (χ1) is 14.9. The summed E-state index contributed by atoms with van der Waals surface area (Å²) in [5.41, 5.74) is 3.05. The van der Waals surface area contributed by atoms with Crippen LogP contribution >= 0.6 is 23.8 Å². The first kappa shape index (κ1) is 21.0. The minimum Gasteiger partial charge on any atom is -0.314 e. The highest BCUT2D eigenvalue weighted by Crippen LogP contribution is 2.26. The molecule has 0 N–H and O–H groups in total. The molecule has 0 aliphatic rings. The fourth-order valence-corrected chi connectivity index (χ4v) is 3.68. The van der Waals surface area contributed by atoms with Crippen molar-refractivity contribution in [2.45, 2.75) is 6.54 Å². The van der Waals surface area contributed by atoms with Crippen LogP contribution in [0.15, 0.2) is 79.3 Å². The normalized spacial score (nSPS) is 10.8. The molecule has 8 heteroatoms. The van der Waals surface area contributed by atoms with E-state index in [0.717, 1.165) is 22.6 Å². The third-order valence-electron chi connectivity index (χ3n) is 4.91. The second kappa shape index (κ2) is 8.83. The molecule has 2 aromatic carbocycles.